The third-order valence-electron chi connectivity index (χ3n) is 2.03. The van der Waals surface area contributed by atoms with Crippen molar-refractivity contribution < 1.29 is 14.3 Å². The van der Waals surface area contributed by atoms with E-state index in [4.69, 9.17) is 4.74 Å². The number of methoxy groups -OCH3 is 1. The number of nitrogens with one attached hydrogen (secondary N) is 1. The molecule has 1 N–H and O–H groups in total. The number of hydrogen-bond donors (Lipinski definition) is 1. The van der Waals surface area contributed by atoms with Gasteiger partial charge in [0.1, 0.15) is 5.82 Å². The quantitative estimate of drug-likeness (QED) is 0.584. The van der Waals surface area contributed by atoms with Gasteiger partial charge in [0.15, 0.2) is 0 Å². The van der Waals surface area contributed by atoms with E-state index in [1.165, 1.54) is 13.3 Å². The van der Waals surface area contributed by atoms with Gasteiger partial charge in [-0.15, -0.1) is 0 Å². The summed E-state index contributed by atoms with van der Waals surface area (Å²) in [4.78, 5) is 19.1. The molecule has 0 unspecified atom stereocenters. The number of hydrogen-bond acceptors (Lipinski definition) is 6. The second-order valence-electron chi connectivity index (χ2n) is 4.15. The van der Waals surface area contributed by atoms with Gasteiger partial charge in [-0.3, -0.25) is 0 Å². The summed E-state index contributed by atoms with van der Waals surface area (Å²) in [5, 5.41) is 3.05. The van der Waals surface area contributed by atoms with E-state index >= 15 is 0 Å². The maximum atomic E-state index is 11.2. The Morgan fingerprint density at radius 1 is 1.50 bits per heavy atom. The van der Waals surface area contributed by atoms with Gasteiger partial charge in [0.25, 0.3) is 0 Å². The maximum absolute atomic E-state index is 11.2. The van der Waals surface area contributed by atoms with Crippen LogP contribution in [0.15, 0.2) is 12.3 Å². The molecule has 0 saturated heterocycles. The summed E-state index contributed by atoms with van der Waals surface area (Å²) in [5.74, 6) is 0.605. The standard InChI is InChI=1S/C12H19N3O3/c1-9(2)8-18-7-6-13-10-4-5-14-11(15-10)12(16)17-3/h4-5,9H,6-8H2,1-3H3,(H,13,14,15). The number of aromatic nitrogens is 2. The van der Waals surface area contributed by atoms with Crippen LogP contribution in [0.5, 0.6) is 0 Å². The van der Waals surface area contributed by atoms with E-state index in [1.807, 2.05) is 0 Å². The van der Waals surface area contributed by atoms with Crippen LogP contribution in [0.2, 0.25) is 0 Å². The highest BCUT2D eigenvalue weighted by Crippen LogP contribution is 2.02. The fourth-order valence-electron chi connectivity index (χ4n) is 1.22. The lowest BCUT2D eigenvalue weighted by Crippen LogP contribution is -2.14. The number of rotatable bonds is 7. The van der Waals surface area contributed by atoms with Crippen LogP contribution in [0.1, 0.15) is 24.5 Å². The highest BCUT2D eigenvalue weighted by molar-refractivity contribution is 5.85. The molecule has 100 valence electrons. The molecule has 0 radical (unpaired) electrons. The van der Waals surface area contributed by atoms with Crippen LogP contribution in [0.4, 0.5) is 5.82 Å². The molecular weight excluding hydrogens is 234 g/mol. The lowest BCUT2D eigenvalue weighted by atomic mass is 10.2. The average Bonchev–Trinajstić information content (AvgIpc) is 2.37. The Balaban J connectivity index is 2.36. The first-order valence-corrected chi connectivity index (χ1v) is 5.86. The highest BCUT2D eigenvalue weighted by atomic mass is 16.5. The Hall–Kier alpha value is -1.69. The van der Waals surface area contributed by atoms with Crippen LogP contribution in [0, 0.1) is 5.92 Å². The molecule has 0 aliphatic heterocycles. The molecule has 0 amide bonds. The number of carbonyl (C=O) groups is 1. The minimum absolute atomic E-state index is 0.0469. The SMILES string of the molecule is COC(=O)c1nccc(NCCOCC(C)C)n1. The third kappa shape index (κ3) is 5.09. The van der Waals surface area contributed by atoms with Gasteiger partial charge in [0.2, 0.25) is 5.82 Å². The zero-order valence-electron chi connectivity index (χ0n) is 11.0. The van der Waals surface area contributed by atoms with Gasteiger partial charge in [-0.25, -0.2) is 14.8 Å². The molecule has 0 fully saturated rings. The van der Waals surface area contributed by atoms with Crippen LogP contribution in [0.3, 0.4) is 0 Å². The lowest BCUT2D eigenvalue weighted by molar-refractivity contribution is 0.0587. The predicted molar refractivity (Wildman–Crippen MR) is 67.5 cm³/mol. The Morgan fingerprint density at radius 3 is 2.94 bits per heavy atom. The minimum Gasteiger partial charge on any atom is -0.463 e. The summed E-state index contributed by atoms with van der Waals surface area (Å²) in [6.45, 7) is 6.15. The molecule has 1 aromatic heterocycles. The number of anilines is 1. The van der Waals surface area contributed by atoms with E-state index in [2.05, 4.69) is 33.9 Å². The van der Waals surface area contributed by atoms with E-state index in [0.29, 0.717) is 24.9 Å². The molecule has 0 atom stereocenters. The van der Waals surface area contributed by atoms with Gasteiger partial charge in [0.05, 0.1) is 13.7 Å². The van der Waals surface area contributed by atoms with Crippen molar-refractivity contribution in [3.8, 4) is 0 Å². The molecule has 6 heteroatoms. The molecule has 1 aromatic rings. The number of nitrogens with zero attached hydrogens (tertiary/aromatic N) is 2. The molecule has 6 nitrogen and oxygen atoms in total. The molecule has 0 aliphatic rings. The van der Waals surface area contributed by atoms with Crippen LogP contribution in [0.25, 0.3) is 0 Å². The van der Waals surface area contributed by atoms with Crippen molar-refractivity contribution in [3.05, 3.63) is 18.1 Å². The topological polar surface area (TPSA) is 73.3 Å². The molecule has 0 aromatic carbocycles. The maximum Gasteiger partial charge on any atom is 0.376 e. The van der Waals surface area contributed by atoms with Gasteiger partial charge in [0, 0.05) is 19.3 Å². The van der Waals surface area contributed by atoms with Crippen molar-refractivity contribution in [2.24, 2.45) is 5.92 Å². The molecule has 18 heavy (non-hydrogen) atoms. The first-order valence-electron chi connectivity index (χ1n) is 5.86. The predicted octanol–water partition coefficient (Wildman–Crippen LogP) is 1.35. The normalized spacial score (nSPS) is 10.4. The molecule has 1 heterocycles. The molecule has 0 aliphatic carbocycles. The van der Waals surface area contributed by atoms with Crippen LogP contribution < -0.4 is 5.32 Å². The van der Waals surface area contributed by atoms with Crippen LogP contribution in [-0.2, 0) is 9.47 Å². The summed E-state index contributed by atoms with van der Waals surface area (Å²) in [5.41, 5.74) is 0. The van der Waals surface area contributed by atoms with E-state index in [1.54, 1.807) is 6.07 Å². The Labute approximate surface area is 107 Å². The number of ether oxygens (including phenoxy) is 2. The zero-order valence-corrected chi connectivity index (χ0v) is 11.0. The van der Waals surface area contributed by atoms with Crippen molar-refractivity contribution in [1.29, 1.82) is 0 Å². The van der Waals surface area contributed by atoms with Gasteiger partial charge < -0.3 is 14.8 Å². The Morgan fingerprint density at radius 2 is 2.28 bits per heavy atom. The van der Waals surface area contributed by atoms with Crippen LogP contribution in [-0.4, -0.2) is 42.8 Å². The smallest absolute Gasteiger partial charge is 0.376 e. The zero-order chi connectivity index (χ0) is 13.4. The summed E-state index contributed by atoms with van der Waals surface area (Å²) >= 11 is 0. The first kappa shape index (κ1) is 14.4. The van der Waals surface area contributed by atoms with Gasteiger partial charge in [-0.05, 0) is 12.0 Å². The van der Waals surface area contributed by atoms with Crippen molar-refractivity contribution in [1.82, 2.24) is 9.97 Å². The van der Waals surface area contributed by atoms with Crippen molar-refractivity contribution in [2.45, 2.75) is 13.8 Å². The summed E-state index contributed by atoms with van der Waals surface area (Å²) in [6.07, 6.45) is 1.51. The van der Waals surface area contributed by atoms with Gasteiger partial charge >= 0.3 is 5.97 Å². The van der Waals surface area contributed by atoms with E-state index in [9.17, 15) is 4.79 Å². The van der Waals surface area contributed by atoms with E-state index < -0.39 is 5.97 Å². The number of carbonyl (C=O) groups excluding carboxylic acids is 1. The molecule has 0 bridgehead atoms. The third-order valence-corrected chi connectivity index (χ3v) is 2.03. The largest absolute Gasteiger partial charge is 0.463 e. The number of esters is 1. The molecule has 0 saturated carbocycles. The summed E-state index contributed by atoms with van der Waals surface area (Å²) < 4.78 is 9.96. The van der Waals surface area contributed by atoms with Crippen molar-refractivity contribution >= 4 is 11.8 Å². The van der Waals surface area contributed by atoms with Crippen molar-refractivity contribution in [2.75, 3.05) is 32.2 Å². The second-order valence-corrected chi connectivity index (χ2v) is 4.15. The Bertz CT molecular complexity index is 383. The molecule has 0 spiro atoms. The first-order chi connectivity index (χ1) is 8.63. The van der Waals surface area contributed by atoms with Crippen LogP contribution >= 0.6 is 0 Å². The lowest BCUT2D eigenvalue weighted by Gasteiger charge is -2.08. The molecular formula is C12H19N3O3. The Kier molecular flexibility index (Phi) is 6.07. The minimum atomic E-state index is -0.547. The summed E-state index contributed by atoms with van der Waals surface area (Å²) in [6, 6.07) is 1.69. The van der Waals surface area contributed by atoms with E-state index in [0.717, 1.165) is 6.61 Å². The summed E-state index contributed by atoms with van der Waals surface area (Å²) in [7, 11) is 1.30. The monoisotopic (exact) mass is 253 g/mol. The van der Waals surface area contributed by atoms with Gasteiger partial charge in [-0.2, -0.15) is 0 Å². The van der Waals surface area contributed by atoms with Gasteiger partial charge in [-0.1, -0.05) is 13.8 Å². The fraction of sp³-hybridized carbons (Fsp3) is 0.583. The van der Waals surface area contributed by atoms with E-state index in [-0.39, 0.29) is 5.82 Å². The highest BCUT2D eigenvalue weighted by Gasteiger charge is 2.08. The average molecular weight is 253 g/mol. The second kappa shape index (κ2) is 7.60. The van der Waals surface area contributed by atoms with Crippen molar-refractivity contribution in [3.63, 3.8) is 0 Å². The molecule has 1 rings (SSSR count). The fourth-order valence-corrected chi connectivity index (χ4v) is 1.22.